The van der Waals surface area contributed by atoms with Crippen molar-refractivity contribution in [3.8, 4) is 17.2 Å². The Balaban J connectivity index is 1.16. The predicted molar refractivity (Wildman–Crippen MR) is 159 cm³/mol. The molecule has 1 N–H and O–H groups in total. The number of anilines is 1. The number of nitrogens with zero attached hydrogens (tertiary/aromatic N) is 4. The standard InChI is InChI=1S/C33H35F3N4O4/c1-20-27(38-29(44-20)22-7-9-24(10-8-22)32(2,3)4)14-16-43-25-11-5-21(6-12-25)17-23-18-40(19-26(23)30(41)42)31-37-15-13-28(39-31)33(34,35)36/h5-13,15,23,26H,14,16-19H2,1-4H3,(H,41,42)/t23-,26-/m0/s1. The molecule has 2 atom stereocenters. The van der Waals surface area contributed by atoms with Gasteiger partial charge in [-0.1, -0.05) is 45.0 Å². The van der Waals surface area contributed by atoms with Crippen LogP contribution in [0, 0.1) is 18.8 Å². The van der Waals surface area contributed by atoms with Crippen LogP contribution in [0.3, 0.4) is 0 Å². The van der Waals surface area contributed by atoms with E-state index in [1.54, 1.807) is 0 Å². The monoisotopic (exact) mass is 608 g/mol. The number of rotatable bonds is 9. The van der Waals surface area contributed by atoms with Crippen molar-refractivity contribution in [1.82, 2.24) is 15.0 Å². The minimum atomic E-state index is -4.61. The number of aliphatic carboxylic acids is 1. The van der Waals surface area contributed by atoms with Gasteiger partial charge in [0.15, 0.2) is 0 Å². The fourth-order valence-corrected chi connectivity index (χ4v) is 5.37. The third-order valence-corrected chi connectivity index (χ3v) is 7.89. The van der Waals surface area contributed by atoms with Crippen LogP contribution < -0.4 is 9.64 Å². The lowest BCUT2D eigenvalue weighted by atomic mass is 9.87. The van der Waals surface area contributed by atoms with Crippen LogP contribution in [0.5, 0.6) is 5.75 Å². The van der Waals surface area contributed by atoms with Gasteiger partial charge < -0.3 is 19.2 Å². The zero-order chi connectivity index (χ0) is 31.6. The number of ether oxygens (including phenoxy) is 1. The number of benzene rings is 2. The van der Waals surface area contributed by atoms with Crippen LogP contribution in [-0.4, -0.2) is 45.7 Å². The summed E-state index contributed by atoms with van der Waals surface area (Å²) in [7, 11) is 0. The number of carboxylic acids is 1. The van der Waals surface area contributed by atoms with E-state index in [-0.39, 0.29) is 30.4 Å². The smallest absolute Gasteiger partial charge is 0.433 e. The number of halogens is 3. The molecule has 5 rings (SSSR count). The topological polar surface area (TPSA) is 102 Å². The molecule has 0 saturated carbocycles. The average Bonchev–Trinajstić information content (AvgIpc) is 3.57. The third kappa shape index (κ3) is 7.20. The molecule has 3 heterocycles. The molecule has 0 aliphatic carbocycles. The highest BCUT2D eigenvalue weighted by Gasteiger charge is 2.40. The van der Waals surface area contributed by atoms with Gasteiger partial charge in [0, 0.05) is 31.3 Å². The van der Waals surface area contributed by atoms with Crippen molar-refractivity contribution in [3.05, 3.63) is 89.1 Å². The van der Waals surface area contributed by atoms with Gasteiger partial charge in [0.1, 0.15) is 17.2 Å². The van der Waals surface area contributed by atoms with E-state index in [1.165, 1.54) is 10.5 Å². The van der Waals surface area contributed by atoms with Crippen molar-refractivity contribution in [2.45, 2.75) is 52.1 Å². The number of hydrogen-bond donors (Lipinski definition) is 1. The zero-order valence-corrected chi connectivity index (χ0v) is 25.1. The Bertz CT molecular complexity index is 1600. The highest BCUT2D eigenvalue weighted by Crippen LogP contribution is 2.33. The van der Waals surface area contributed by atoms with E-state index < -0.39 is 23.8 Å². The molecule has 0 bridgehead atoms. The van der Waals surface area contributed by atoms with Crippen LogP contribution in [0.25, 0.3) is 11.5 Å². The summed E-state index contributed by atoms with van der Waals surface area (Å²) in [6.45, 7) is 9.06. The first kappa shape index (κ1) is 31.0. The Hall–Kier alpha value is -4.41. The molecule has 4 aromatic rings. The Morgan fingerprint density at radius 2 is 1.73 bits per heavy atom. The summed E-state index contributed by atoms with van der Waals surface area (Å²) in [5, 5.41) is 9.79. The van der Waals surface area contributed by atoms with Gasteiger partial charge in [0.25, 0.3) is 0 Å². The second kappa shape index (κ2) is 12.3. The van der Waals surface area contributed by atoms with E-state index in [2.05, 4.69) is 47.9 Å². The molecule has 0 amide bonds. The van der Waals surface area contributed by atoms with Gasteiger partial charge in [-0.05, 0) is 66.1 Å². The number of alkyl halides is 3. The van der Waals surface area contributed by atoms with Gasteiger partial charge in [-0.3, -0.25) is 4.79 Å². The van der Waals surface area contributed by atoms with Crippen molar-refractivity contribution >= 4 is 11.9 Å². The van der Waals surface area contributed by atoms with Gasteiger partial charge in [-0.2, -0.15) is 13.2 Å². The summed E-state index contributed by atoms with van der Waals surface area (Å²) in [5.41, 5.74) is 2.89. The first-order chi connectivity index (χ1) is 20.8. The van der Waals surface area contributed by atoms with E-state index in [0.29, 0.717) is 31.1 Å². The van der Waals surface area contributed by atoms with E-state index in [4.69, 9.17) is 9.15 Å². The fourth-order valence-electron chi connectivity index (χ4n) is 5.37. The molecule has 1 fully saturated rings. The Kier molecular flexibility index (Phi) is 8.67. The predicted octanol–water partition coefficient (Wildman–Crippen LogP) is 6.76. The maximum absolute atomic E-state index is 13.1. The lowest BCUT2D eigenvalue weighted by molar-refractivity contribution is -0.142. The molecule has 232 valence electrons. The number of hydrogen-bond acceptors (Lipinski definition) is 7. The lowest BCUT2D eigenvalue weighted by Gasteiger charge is -2.18. The first-order valence-electron chi connectivity index (χ1n) is 14.4. The lowest BCUT2D eigenvalue weighted by Crippen LogP contribution is -2.25. The normalized spacial score (nSPS) is 17.2. The van der Waals surface area contributed by atoms with Crippen LogP contribution in [0.2, 0.25) is 0 Å². The summed E-state index contributed by atoms with van der Waals surface area (Å²) in [6, 6.07) is 16.4. The number of carboxylic acid groups (broad SMARTS) is 1. The Morgan fingerprint density at radius 3 is 2.36 bits per heavy atom. The zero-order valence-electron chi connectivity index (χ0n) is 25.1. The van der Waals surface area contributed by atoms with Gasteiger partial charge in [0.2, 0.25) is 11.8 Å². The van der Waals surface area contributed by atoms with Gasteiger partial charge in [-0.15, -0.1) is 0 Å². The van der Waals surface area contributed by atoms with Crippen LogP contribution in [0.1, 0.15) is 49.0 Å². The van der Waals surface area contributed by atoms with Crippen molar-refractivity contribution in [2.24, 2.45) is 11.8 Å². The largest absolute Gasteiger partial charge is 0.493 e. The first-order valence-corrected chi connectivity index (χ1v) is 14.4. The molecule has 1 aliphatic heterocycles. The molecule has 2 aromatic heterocycles. The molecule has 44 heavy (non-hydrogen) atoms. The van der Waals surface area contributed by atoms with Crippen LogP contribution in [-0.2, 0) is 29.2 Å². The molecule has 1 aliphatic rings. The summed E-state index contributed by atoms with van der Waals surface area (Å²) in [5.74, 6) is -0.237. The van der Waals surface area contributed by atoms with Gasteiger partial charge >= 0.3 is 12.1 Å². The quantitative estimate of drug-likeness (QED) is 0.223. The van der Waals surface area contributed by atoms with Gasteiger partial charge in [-0.25, -0.2) is 15.0 Å². The van der Waals surface area contributed by atoms with Crippen molar-refractivity contribution < 1.29 is 32.2 Å². The Morgan fingerprint density at radius 1 is 1.02 bits per heavy atom. The highest BCUT2D eigenvalue weighted by molar-refractivity contribution is 5.72. The van der Waals surface area contributed by atoms with Crippen molar-refractivity contribution in [1.29, 1.82) is 0 Å². The fraction of sp³-hybridized carbons (Fsp3) is 0.394. The molecule has 0 unspecified atom stereocenters. The molecular weight excluding hydrogens is 573 g/mol. The summed E-state index contributed by atoms with van der Waals surface area (Å²) in [4.78, 5) is 25.7. The van der Waals surface area contributed by atoms with Gasteiger partial charge in [0.05, 0.1) is 18.2 Å². The number of aryl methyl sites for hydroxylation is 1. The second-order valence-electron chi connectivity index (χ2n) is 12.1. The summed E-state index contributed by atoms with van der Waals surface area (Å²) in [6.07, 6.45) is -2.57. The maximum Gasteiger partial charge on any atom is 0.433 e. The SMILES string of the molecule is Cc1oc(-c2ccc(C(C)(C)C)cc2)nc1CCOc1ccc(C[C@H]2CN(c3nccc(C(F)(F)F)n3)C[C@@H]2C(=O)O)cc1. The summed E-state index contributed by atoms with van der Waals surface area (Å²) >= 11 is 0. The van der Waals surface area contributed by atoms with Crippen LogP contribution >= 0.6 is 0 Å². The molecule has 2 aromatic carbocycles. The van der Waals surface area contributed by atoms with E-state index in [0.717, 1.165) is 34.8 Å². The van der Waals surface area contributed by atoms with Crippen molar-refractivity contribution in [3.63, 3.8) is 0 Å². The number of carbonyl (C=O) groups is 1. The van der Waals surface area contributed by atoms with E-state index >= 15 is 0 Å². The molecule has 8 nitrogen and oxygen atoms in total. The van der Waals surface area contributed by atoms with E-state index in [1.807, 2.05) is 43.3 Å². The number of oxazole rings is 1. The average molecular weight is 609 g/mol. The Labute approximate surface area is 253 Å². The minimum absolute atomic E-state index is 0.0356. The number of aromatic nitrogens is 3. The molecule has 11 heteroatoms. The van der Waals surface area contributed by atoms with Crippen LogP contribution in [0.15, 0.2) is 65.2 Å². The van der Waals surface area contributed by atoms with E-state index in [9.17, 15) is 23.1 Å². The third-order valence-electron chi connectivity index (χ3n) is 7.89. The van der Waals surface area contributed by atoms with Crippen LogP contribution in [0.4, 0.5) is 19.1 Å². The molecule has 1 saturated heterocycles. The minimum Gasteiger partial charge on any atom is -0.493 e. The molecule has 0 radical (unpaired) electrons. The molecule has 0 spiro atoms. The highest BCUT2D eigenvalue weighted by atomic mass is 19.4. The second-order valence-corrected chi connectivity index (χ2v) is 12.1. The summed E-state index contributed by atoms with van der Waals surface area (Å²) < 4.78 is 51.2. The van der Waals surface area contributed by atoms with Crippen molar-refractivity contribution in [2.75, 3.05) is 24.6 Å². The maximum atomic E-state index is 13.1. The molecular formula is C33H35F3N4O4.